The number of ether oxygens (including phenoxy) is 2. The number of methoxy groups -OCH3 is 2. The first kappa shape index (κ1) is 22.6. The van der Waals surface area contributed by atoms with Crippen LogP contribution in [0, 0.1) is 12.8 Å². The maximum absolute atomic E-state index is 12.8. The molecule has 172 valence electrons. The molecule has 0 bridgehead atoms. The molecule has 7 nitrogen and oxygen atoms in total. The third kappa shape index (κ3) is 4.90. The van der Waals surface area contributed by atoms with E-state index in [2.05, 4.69) is 9.88 Å². The molecule has 2 fully saturated rings. The number of carbonyl (C=O) groups excluding carboxylic acids is 2. The van der Waals surface area contributed by atoms with Crippen LogP contribution in [0.2, 0.25) is 0 Å². The van der Waals surface area contributed by atoms with E-state index in [4.69, 9.17) is 9.47 Å². The predicted molar refractivity (Wildman–Crippen MR) is 123 cm³/mol. The second-order valence-corrected chi connectivity index (χ2v) is 9.62. The van der Waals surface area contributed by atoms with Crippen molar-refractivity contribution in [1.82, 2.24) is 14.8 Å². The summed E-state index contributed by atoms with van der Waals surface area (Å²) in [5, 5.41) is 2.96. The first-order valence-electron chi connectivity index (χ1n) is 11.2. The van der Waals surface area contributed by atoms with Gasteiger partial charge in [0, 0.05) is 37.5 Å². The van der Waals surface area contributed by atoms with Gasteiger partial charge in [-0.15, -0.1) is 11.3 Å². The van der Waals surface area contributed by atoms with Gasteiger partial charge >= 0.3 is 0 Å². The maximum Gasteiger partial charge on any atom is 0.228 e. The van der Waals surface area contributed by atoms with Crippen LogP contribution in [0.4, 0.5) is 0 Å². The fraction of sp³-hybridized carbons (Fsp3) is 0.542. The van der Waals surface area contributed by atoms with Gasteiger partial charge in [-0.1, -0.05) is 6.07 Å². The zero-order valence-corrected chi connectivity index (χ0v) is 19.8. The van der Waals surface area contributed by atoms with Crippen LogP contribution in [-0.2, 0) is 22.4 Å². The third-order valence-corrected chi connectivity index (χ3v) is 7.41. The van der Waals surface area contributed by atoms with E-state index in [0.29, 0.717) is 43.3 Å². The number of piperidine rings is 2. The predicted octanol–water partition coefficient (Wildman–Crippen LogP) is 3.09. The molecule has 3 heterocycles. The molecule has 2 aromatic rings. The lowest BCUT2D eigenvalue weighted by Gasteiger charge is -2.47. The number of hydrogen-bond acceptors (Lipinski definition) is 6. The van der Waals surface area contributed by atoms with Crippen molar-refractivity contribution in [1.29, 1.82) is 0 Å². The van der Waals surface area contributed by atoms with Gasteiger partial charge in [0.1, 0.15) is 0 Å². The average molecular weight is 458 g/mol. The minimum Gasteiger partial charge on any atom is -0.493 e. The largest absolute Gasteiger partial charge is 0.493 e. The Bertz CT molecular complexity index is 976. The summed E-state index contributed by atoms with van der Waals surface area (Å²) < 4.78 is 10.7. The fourth-order valence-electron chi connectivity index (χ4n) is 4.91. The van der Waals surface area contributed by atoms with Gasteiger partial charge in [0.2, 0.25) is 11.8 Å². The molecule has 2 aliphatic heterocycles. The van der Waals surface area contributed by atoms with Crippen molar-refractivity contribution in [2.75, 3.05) is 33.9 Å². The van der Waals surface area contributed by atoms with E-state index in [1.807, 2.05) is 35.4 Å². The number of amides is 2. The number of hydrogen-bond donors (Lipinski definition) is 0. The molecular weight excluding hydrogens is 426 g/mol. The van der Waals surface area contributed by atoms with Crippen LogP contribution in [0.15, 0.2) is 23.6 Å². The highest BCUT2D eigenvalue weighted by molar-refractivity contribution is 7.09. The van der Waals surface area contributed by atoms with Crippen LogP contribution in [-0.4, -0.2) is 66.5 Å². The van der Waals surface area contributed by atoms with E-state index in [-0.39, 0.29) is 17.9 Å². The van der Waals surface area contributed by atoms with E-state index in [0.717, 1.165) is 42.1 Å². The molecule has 0 aliphatic carbocycles. The highest BCUT2D eigenvalue weighted by Gasteiger charge is 2.40. The molecule has 0 spiro atoms. The Kier molecular flexibility index (Phi) is 6.98. The Morgan fingerprint density at radius 3 is 2.75 bits per heavy atom. The summed E-state index contributed by atoms with van der Waals surface area (Å²) in [7, 11) is 3.25. The van der Waals surface area contributed by atoms with E-state index in [9.17, 15) is 9.59 Å². The molecule has 2 atom stereocenters. The number of thiazole rings is 1. The van der Waals surface area contributed by atoms with Crippen LogP contribution in [0.3, 0.4) is 0 Å². The number of aromatic nitrogens is 1. The van der Waals surface area contributed by atoms with Crippen molar-refractivity contribution in [3.8, 4) is 11.5 Å². The molecule has 0 radical (unpaired) electrons. The quantitative estimate of drug-likeness (QED) is 0.639. The smallest absolute Gasteiger partial charge is 0.228 e. The summed E-state index contributed by atoms with van der Waals surface area (Å²) in [6.45, 7) is 4.07. The molecular formula is C24H31N3O4S. The van der Waals surface area contributed by atoms with Crippen molar-refractivity contribution >= 4 is 23.2 Å². The number of likely N-dealkylation sites (tertiary alicyclic amines) is 2. The first-order chi connectivity index (χ1) is 15.5. The van der Waals surface area contributed by atoms with Gasteiger partial charge in [0.05, 0.1) is 31.3 Å². The Morgan fingerprint density at radius 1 is 1.22 bits per heavy atom. The number of nitrogens with zero attached hydrogens (tertiary/aromatic N) is 3. The van der Waals surface area contributed by atoms with Gasteiger partial charge in [0.25, 0.3) is 0 Å². The molecule has 32 heavy (non-hydrogen) atoms. The highest BCUT2D eigenvalue weighted by Crippen LogP contribution is 2.32. The molecule has 0 unspecified atom stereocenters. The van der Waals surface area contributed by atoms with Crippen molar-refractivity contribution < 1.29 is 19.1 Å². The van der Waals surface area contributed by atoms with Crippen molar-refractivity contribution in [3.05, 3.63) is 39.8 Å². The zero-order chi connectivity index (χ0) is 22.7. The maximum atomic E-state index is 12.8. The monoisotopic (exact) mass is 457 g/mol. The lowest BCUT2D eigenvalue weighted by atomic mass is 9.83. The molecule has 4 rings (SSSR count). The minimum atomic E-state index is 0.141. The molecule has 2 saturated heterocycles. The zero-order valence-electron chi connectivity index (χ0n) is 19.0. The Hall–Kier alpha value is -2.61. The summed E-state index contributed by atoms with van der Waals surface area (Å²) in [5.41, 5.74) is 1.97. The topological polar surface area (TPSA) is 72.0 Å². The number of rotatable bonds is 7. The van der Waals surface area contributed by atoms with Gasteiger partial charge < -0.3 is 19.3 Å². The fourth-order valence-corrected chi connectivity index (χ4v) is 5.52. The number of benzene rings is 1. The average Bonchev–Trinajstić information content (AvgIpc) is 3.22. The Morgan fingerprint density at radius 2 is 2.03 bits per heavy atom. The van der Waals surface area contributed by atoms with E-state index in [1.54, 1.807) is 25.6 Å². The van der Waals surface area contributed by atoms with E-state index >= 15 is 0 Å². The van der Waals surface area contributed by atoms with E-state index < -0.39 is 0 Å². The van der Waals surface area contributed by atoms with Crippen molar-refractivity contribution in [2.45, 2.75) is 45.1 Å². The van der Waals surface area contributed by atoms with Crippen molar-refractivity contribution in [3.63, 3.8) is 0 Å². The van der Waals surface area contributed by atoms with Gasteiger partial charge in [-0.25, -0.2) is 4.98 Å². The minimum absolute atomic E-state index is 0.141. The van der Waals surface area contributed by atoms with Crippen LogP contribution in [0.25, 0.3) is 0 Å². The van der Waals surface area contributed by atoms with Crippen molar-refractivity contribution in [2.24, 2.45) is 5.92 Å². The second kappa shape index (κ2) is 9.90. The van der Waals surface area contributed by atoms with Crippen LogP contribution < -0.4 is 9.47 Å². The highest BCUT2D eigenvalue weighted by atomic mass is 32.1. The molecule has 1 aromatic heterocycles. The molecule has 0 N–H and O–H groups in total. The SMILES string of the molecule is COc1ccc(CCN2C(=O)CC[C@@H]3CN(C(=O)Cc4csc(C)n4)CC[C@@H]32)cc1OC. The molecule has 1 aromatic carbocycles. The standard InChI is InChI=1S/C24H31N3O4S/c1-16-25-19(15-32-16)13-24(29)26-10-9-20-18(14-26)5-7-23(28)27(20)11-8-17-4-6-21(30-2)22(12-17)31-3/h4,6,12,15,18,20H,5,7-11,13-14H2,1-3H3/t18-,20+/m1/s1. The summed E-state index contributed by atoms with van der Waals surface area (Å²) in [6.07, 6.45) is 3.38. The summed E-state index contributed by atoms with van der Waals surface area (Å²) >= 11 is 1.58. The number of fused-ring (bicyclic) bond motifs is 1. The van der Waals surface area contributed by atoms with Crippen LogP contribution in [0.5, 0.6) is 11.5 Å². The Balaban J connectivity index is 1.37. The number of carbonyl (C=O) groups is 2. The summed E-state index contributed by atoms with van der Waals surface area (Å²) in [4.78, 5) is 34.0. The van der Waals surface area contributed by atoms with Crippen LogP contribution in [0.1, 0.15) is 35.5 Å². The van der Waals surface area contributed by atoms with Gasteiger partial charge in [-0.2, -0.15) is 0 Å². The first-order valence-corrected chi connectivity index (χ1v) is 12.1. The molecule has 2 aliphatic rings. The third-order valence-electron chi connectivity index (χ3n) is 6.58. The van der Waals surface area contributed by atoms with Gasteiger partial charge in [-0.05, 0) is 49.8 Å². The molecule has 8 heteroatoms. The molecule has 2 amide bonds. The van der Waals surface area contributed by atoms with Crippen LogP contribution >= 0.6 is 11.3 Å². The number of aryl methyl sites for hydroxylation is 1. The lowest BCUT2D eigenvalue weighted by Crippen LogP contribution is -2.57. The normalized spacial score (nSPS) is 20.8. The van der Waals surface area contributed by atoms with E-state index in [1.165, 1.54) is 0 Å². The van der Waals surface area contributed by atoms with Gasteiger partial charge in [-0.3, -0.25) is 9.59 Å². The van der Waals surface area contributed by atoms with Gasteiger partial charge in [0.15, 0.2) is 11.5 Å². The lowest BCUT2D eigenvalue weighted by molar-refractivity contribution is -0.143. The Labute approximate surface area is 193 Å². The summed E-state index contributed by atoms with van der Waals surface area (Å²) in [5.74, 6) is 2.12. The summed E-state index contributed by atoms with van der Waals surface area (Å²) in [6, 6.07) is 6.12. The second-order valence-electron chi connectivity index (χ2n) is 8.56. The molecule has 0 saturated carbocycles.